The van der Waals surface area contributed by atoms with Crippen LogP contribution in [0.3, 0.4) is 0 Å². The van der Waals surface area contributed by atoms with Gasteiger partial charge in [-0.25, -0.2) is 4.98 Å². The zero-order chi connectivity index (χ0) is 27.6. The van der Waals surface area contributed by atoms with Gasteiger partial charge in [-0.05, 0) is 49.7 Å². The molecule has 202 valence electrons. The molecule has 1 saturated heterocycles. The van der Waals surface area contributed by atoms with E-state index in [2.05, 4.69) is 33.2 Å². The van der Waals surface area contributed by atoms with Gasteiger partial charge in [0, 0.05) is 42.0 Å². The second-order valence-electron chi connectivity index (χ2n) is 9.74. The lowest BCUT2D eigenvalue weighted by molar-refractivity contribution is 0.122. The zero-order valence-electron chi connectivity index (χ0n) is 22.6. The van der Waals surface area contributed by atoms with E-state index in [1.54, 1.807) is 25.7 Å². The van der Waals surface area contributed by atoms with Crippen molar-refractivity contribution < 1.29 is 9.47 Å². The third kappa shape index (κ3) is 5.03. The number of pyridine rings is 4. The minimum atomic E-state index is 0.576. The number of morpholine rings is 1. The summed E-state index contributed by atoms with van der Waals surface area (Å²) < 4.78 is 11.0. The number of ether oxygens (including phenoxy) is 2. The standard InChI is InChI=1S/C31H29ClN6O2/c1-19-7-8-34-26(13-19)29-20(2)28(24-5-4-6-25(32)31(24)37-29)36-27-15-22(38-9-11-40-12-10-38)17-35-30(27)21-14-23(39-3)18-33-16-21/h4-8,13-18H,9-12H2,1-3H3,(H,36,37). The van der Waals surface area contributed by atoms with Gasteiger partial charge in [0.15, 0.2) is 0 Å². The Balaban J connectivity index is 1.55. The number of aryl methyl sites for hydroxylation is 1. The van der Waals surface area contributed by atoms with Crippen molar-refractivity contribution in [3.63, 3.8) is 0 Å². The molecule has 1 aromatic carbocycles. The summed E-state index contributed by atoms with van der Waals surface area (Å²) in [5.74, 6) is 0.660. The second kappa shape index (κ2) is 11.1. The Morgan fingerprint density at radius 3 is 2.62 bits per heavy atom. The Bertz CT molecular complexity index is 1700. The van der Waals surface area contributed by atoms with Crippen molar-refractivity contribution in [2.75, 3.05) is 43.6 Å². The van der Waals surface area contributed by atoms with Gasteiger partial charge in [-0.1, -0.05) is 23.7 Å². The lowest BCUT2D eigenvalue weighted by Gasteiger charge is -2.29. The van der Waals surface area contributed by atoms with Crippen LogP contribution in [0.4, 0.5) is 17.1 Å². The third-order valence-electron chi connectivity index (χ3n) is 7.10. The van der Waals surface area contributed by atoms with Gasteiger partial charge < -0.3 is 19.7 Å². The molecular formula is C31H29ClN6O2. The Morgan fingerprint density at radius 2 is 1.82 bits per heavy atom. The molecule has 4 aromatic heterocycles. The molecule has 0 radical (unpaired) electrons. The molecule has 6 rings (SSSR count). The minimum Gasteiger partial charge on any atom is -0.495 e. The fourth-order valence-electron chi connectivity index (χ4n) is 4.99. The van der Waals surface area contributed by atoms with Gasteiger partial charge in [0.25, 0.3) is 0 Å². The van der Waals surface area contributed by atoms with E-state index in [9.17, 15) is 0 Å². The van der Waals surface area contributed by atoms with Crippen molar-refractivity contribution in [2.24, 2.45) is 0 Å². The van der Waals surface area contributed by atoms with E-state index < -0.39 is 0 Å². The molecule has 40 heavy (non-hydrogen) atoms. The molecule has 9 heteroatoms. The summed E-state index contributed by atoms with van der Waals surface area (Å²) in [5, 5.41) is 5.22. The summed E-state index contributed by atoms with van der Waals surface area (Å²) in [4.78, 5) is 21.2. The van der Waals surface area contributed by atoms with Gasteiger partial charge in [-0.2, -0.15) is 0 Å². The lowest BCUT2D eigenvalue weighted by atomic mass is 10.0. The molecule has 0 atom stereocenters. The number of hydrogen-bond acceptors (Lipinski definition) is 8. The minimum absolute atomic E-state index is 0.576. The van der Waals surface area contributed by atoms with Crippen LogP contribution in [0.5, 0.6) is 5.75 Å². The lowest BCUT2D eigenvalue weighted by Crippen LogP contribution is -2.36. The number of rotatable bonds is 6. The first-order valence-corrected chi connectivity index (χ1v) is 13.5. The van der Waals surface area contributed by atoms with E-state index in [1.807, 2.05) is 49.5 Å². The maximum atomic E-state index is 6.70. The van der Waals surface area contributed by atoms with Crippen LogP contribution < -0.4 is 15.0 Å². The predicted octanol–water partition coefficient (Wildman–Crippen LogP) is 6.61. The number of aromatic nitrogens is 4. The number of nitrogens with one attached hydrogen (secondary N) is 1. The molecule has 0 bridgehead atoms. The molecule has 8 nitrogen and oxygen atoms in total. The van der Waals surface area contributed by atoms with Crippen LogP contribution in [-0.4, -0.2) is 53.3 Å². The molecule has 0 saturated carbocycles. The average molecular weight is 553 g/mol. The van der Waals surface area contributed by atoms with E-state index >= 15 is 0 Å². The smallest absolute Gasteiger partial charge is 0.137 e. The molecular weight excluding hydrogens is 524 g/mol. The highest BCUT2D eigenvalue weighted by Gasteiger charge is 2.20. The SMILES string of the molecule is COc1cncc(-c2ncc(N3CCOCC3)cc2Nc2c(C)c(-c3cc(C)ccn3)nc3c(Cl)cccc23)c1. The monoisotopic (exact) mass is 552 g/mol. The molecule has 1 N–H and O–H groups in total. The van der Waals surface area contributed by atoms with Crippen LogP contribution in [-0.2, 0) is 4.74 Å². The van der Waals surface area contributed by atoms with E-state index in [0.29, 0.717) is 29.5 Å². The van der Waals surface area contributed by atoms with E-state index in [0.717, 1.165) is 69.3 Å². The number of hydrogen-bond donors (Lipinski definition) is 1. The van der Waals surface area contributed by atoms with E-state index in [-0.39, 0.29) is 0 Å². The van der Waals surface area contributed by atoms with Crippen LogP contribution in [0, 0.1) is 13.8 Å². The largest absolute Gasteiger partial charge is 0.495 e. The summed E-state index contributed by atoms with van der Waals surface area (Å²) in [5.41, 5.74) is 8.66. The van der Waals surface area contributed by atoms with Crippen molar-refractivity contribution in [3.05, 3.63) is 83.4 Å². The van der Waals surface area contributed by atoms with Gasteiger partial charge in [0.2, 0.25) is 0 Å². The van der Waals surface area contributed by atoms with Crippen LogP contribution in [0.15, 0.2) is 67.3 Å². The summed E-state index contributed by atoms with van der Waals surface area (Å²) in [7, 11) is 1.63. The van der Waals surface area contributed by atoms with Gasteiger partial charge >= 0.3 is 0 Å². The molecule has 5 aromatic rings. The van der Waals surface area contributed by atoms with Crippen LogP contribution >= 0.6 is 11.6 Å². The Labute approximate surface area is 238 Å². The van der Waals surface area contributed by atoms with Crippen molar-refractivity contribution in [3.8, 4) is 28.4 Å². The number of halogens is 1. The topological polar surface area (TPSA) is 85.3 Å². The molecule has 1 fully saturated rings. The number of nitrogens with zero attached hydrogens (tertiary/aromatic N) is 5. The van der Waals surface area contributed by atoms with Gasteiger partial charge in [0.05, 0.1) is 77.4 Å². The van der Waals surface area contributed by atoms with E-state index in [1.165, 1.54) is 0 Å². The van der Waals surface area contributed by atoms with Crippen LogP contribution in [0.25, 0.3) is 33.5 Å². The molecule has 0 unspecified atom stereocenters. The summed E-state index contributed by atoms with van der Waals surface area (Å²) >= 11 is 6.70. The van der Waals surface area contributed by atoms with Crippen LogP contribution in [0.1, 0.15) is 11.1 Å². The second-order valence-corrected chi connectivity index (χ2v) is 10.1. The summed E-state index contributed by atoms with van der Waals surface area (Å²) in [6.45, 7) is 7.08. The average Bonchev–Trinajstić information content (AvgIpc) is 2.99. The van der Waals surface area contributed by atoms with Crippen LogP contribution in [0.2, 0.25) is 5.02 Å². The molecule has 0 spiro atoms. The van der Waals surface area contributed by atoms with Crippen molar-refractivity contribution in [2.45, 2.75) is 13.8 Å². The quantitative estimate of drug-likeness (QED) is 0.252. The predicted molar refractivity (Wildman–Crippen MR) is 160 cm³/mol. The molecule has 0 aliphatic carbocycles. The number of fused-ring (bicyclic) bond motifs is 1. The molecule has 1 aliphatic rings. The van der Waals surface area contributed by atoms with Crippen molar-refractivity contribution >= 4 is 39.6 Å². The Morgan fingerprint density at radius 1 is 0.975 bits per heavy atom. The summed E-state index contributed by atoms with van der Waals surface area (Å²) in [6, 6.07) is 13.9. The van der Waals surface area contributed by atoms with Gasteiger partial charge in [-0.3, -0.25) is 15.0 Å². The maximum absolute atomic E-state index is 6.70. The Kier molecular flexibility index (Phi) is 7.19. The maximum Gasteiger partial charge on any atom is 0.137 e. The highest BCUT2D eigenvalue weighted by Crippen LogP contribution is 2.40. The van der Waals surface area contributed by atoms with E-state index in [4.69, 9.17) is 31.0 Å². The third-order valence-corrected chi connectivity index (χ3v) is 7.40. The van der Waals surface area contributed by atoms with Crippen molar-refractivity contribution in [1.29, 1.82) is 0 Å². The first kappa shape index (κ1) is 26.0. The van der Waals surface area contributed by atoms with Crippen molar-refractivity contribution in [1.82, 2.24) is 19.9 Å². The molecule has 0 amide bonds. The normalized spacial score (nSPS) is 13.4. The first-order valence-electron chi connectivity index (χ1n) is 13.1. The number of anilines is 3. The van der Waals surface area contributed by atoms with Gasteiger partial charge in [0.1, 0.15) is 5.75 Å². The highest BCUT2D eigenvalue weighted by atomic mass is 35.5. The number of para-hydroxylation sites is 1. The highest BCUT2D eigenvalue weighted by molar-refractivity contribution is 6.35. The Hall–Kier alpha value is -4.27. The fraction of sp³-hybridized carbons (Fsp3) is 0.226. The number of methoxy groups -OCH3 is 1. The summed E-state index contributed by atoms with van der Waals surface area (Å²) in [6.07, 6.45) is 7.18. The molecule has 1 aliphatic heterocycles. The zero-order valence-corrected chi connectivity index (χ0v) is 23.4. The van der Waals surface area contributed by atoms with Gasteiger partial charge in [-0.15, -0.1) is 0 Å². The molecule has 5 heterocycles. The fourth-order valence-corrected chi connectivity index (χ4v) is 5.21. The number of benzene rings is 1. The first-order chi connectivity index (χ1) is 19.5.